The Kier molecular flexibility index (Phi) is 4.55. The number of amides is 1. The Morgan fingerprint density at radius 1 is 1.08 bits per heavy atom. The fraction of sp³-hybridized carbons (Fsp3) is 0.200. The largest absolute Gasteiger partial charge is 0.490 e. The number of hydrogen-bond donors (Lipinski definition) is 1. The zero-order chi connectivity index (χ0) is 17.8. The SMILES string of the molecule is O=C(Nc1ccc2c(c1)OCCCO2)c1cnn(Cc2ccccc2)c1. The van der Waals surface area contributed by atoms with E-state index >= 15 is 0 Å². The van der Waals surface area contributed by atoms with Crippen LogP contribution in [0.3, 0.4) is 0 Å². The molecule has 1 amide bonds. The Balaban J connectivity index is 1.44. The second-order valence-corrected chi connectivity index (χ2v) is 6.08. The van der Waals surface area contributed by atoms with Gasteiger partial charge in [0.15, 0.2) is 11.5 Å². The van der Waals surface area contributed by atoms with E-state index in [1.165, 1.54) is 0 Å². The van der Waals surface area contributed by atoms with Gasteiger partial charge in [-0.05, 0) is 17.7 Å². The minimum Gasteiger partial charge on any atom is -0.490 e. The molecule has 1 aliphatic heterocycles. The number of fused-ring (bicyclic) bond motifs is 1. The number of aromatic nitrogens is 2. The highest BCUT2D eigenvalue weighted by molar-refractivity contribution is 6.04. The van der Waals surface area contributed by atoms with Gasteiger partial charge >= 0.3 is 0 Å². The van der Waals surface area contributed by atoms with Crippen LogP contribution in [0.4, 0.5) is 5.69 Å². The van der Waals surface area contributed by atoms with E-state index in [2.05, 4.69) is 10.4 Å². The van der Waals surface area contributed by atoms with Crippen molar-refractivity contribution >= 4 is 11.6 Å². The maximum Gasteiger partial charge on any atom is 0.258 e. The summed E-state index contributed by atoms with van der Waals surface area (Å²) < 4.78 is 13.0. The van der Waals surface area contributed by atoms with Crippen LogP contribution in [-0.2, 0) is 6.54 Å². The number of nitrogens with one attached hydrogen (secondary N) is 1. The van der Waals surface area contributed by atoms with E-state index in [9.17, 15) is 4.79 Å². The highest BCUT2D eigenvalue weighted by Crippen LogP contribution is 2.32. The lowest BCUT2D eigenvalue weighted by atomic mass is 10.2. The zero-order valence-electron chi connectivity index (χ0n) is 14.2. The monoisotopic (exact) mass is 349 g/mol. The van der Waals surface area contributed by atoms with E-state index in [4.69, 9.17) is 9.47 Å². The summed E-state index contributed by atoms with van der Waals surface area (Å²) in [7, 11) is 0. The van der Waals surface area contributed by atoms with Crippen molar-refractivity contribution in [2.24, 2.45) is 0 Å². The molecule has 1 N–H and O–H groups in total. The van der Waals surface area contributed by atoms with Crippen LogP contribution in [0, 0.1) is 0 Å². The van der Waals surface area contributed by atoms with Crippen LogP contribution in [0.2, 0.25) is 0 Å². The first-order chi connectivity index (χ1) is 12.8. The van der Waals surface area contributed by atoms with Gasteiger partial charge in [-0.25, -0.2) is 0 Å². The van der Waals surface area contributed by atoms with Gasteiger partial charge in [0, 0.05) is 24.4 Å². The van der Waals surface area contributed by atoms with Crippen molar-refractivity contribution in [2.75, 3.05) is 18.5 Å². The molecular formula is C20H19N3O3. The first kappa shape index (κ1) is 16.2. The summed E-state index contributed by atoms with van der Waals surface area (Å²) in [5, 5.41) is 7.15. The van der Waals surface area contributed by atoms with Gasteiger partial charge in [0.1, 0.15) is 0 Å². The molecule has 0 unspecified atom stereocenters. The van der Waals surface area contributed by atoms with Crippen LogP contribution < -0.4 is 14.8 Å². The quantitative estimate of drug-likeness (QED) is 0.784. The van der Waals surface area contributed by atoms with Gasteiger partial charge < -0.3 is 14.8 Å². The van der Waals surface area contributed by atoms with E-state index in [0.717, 1.165) is 12.0 Å². The zero-order valence-corrected chi connectivity index (χ0v) is 14.2. The number of hydrogen-bond acceptors (Lipinski definition) is 4. The molecule has 0 bridgehead atoms. The fourth-order valence-corrected chi connectivity index (χ4v) is 2.78. The Morgan fingerprint density at radius 2 is 1.88 bits per heavy atom. The molecule has 1 aromatic heterocycles. The van der Waals surface area contributed by atoms with Crippen molar-refractivity contribution in [3.63, 3.8) is 0 Å². The highest BCUT2D eigenvalue weighted by Gasteiger charge is 2.13. The van der Waals surface area contributed by atoms with Crippen molar-refractivity contribution in [3.8, 4) is 11.5 Å². The van der Waals surface area contributed by atoms with E-state index in [1.807, 2.05) is 36.4 Å². The maximum atomic E-state index is 12.5. The molecule has 4 rings (SSSR count). The number of carbonyl (C=O) groups is 1. The summed E-state index contributed by atoms with van der Waals surface area (Å²) in [5.74, 6) is 1.15. The van der Waals surface area contributed by atoms with Gasteiger partial charge in [-0.3, -0.25) is 9.48 Å². The second-order valence-electron chi connectivity index (χ2n) is 6.08. The van der Waals surface area contributed by atoms with Crippen molar-refractivity contribution in [1.29, 1.82) is 0 Å². The first-order valence-corrected chi connectivity index (χ1v) is 8.55. The summed E-state index contributed by atoms with van der Waals surface area (Å²) in [6.07, 6.45) is 4.16. The molecule has 2 aromatic carbocycles. The molecule has 0 atom stereocenters. The van der Waals surface area contributed by atoms with E-state index < -0.39 is 0 Å². The number of carbonyl (C=O) groups excluding carboxylic acids is 1. The third kappa shape index (κ3) is 3.69. The van der Waals surface area contributed by atoms with Crippen LogP contribution >= 0.6 is 0 Å². The van der Waals surface area contributed by atoms with Gasteiger partial charge in [-0.15, -0.1) is 0 Å². The molecule has 0 spiro atoms. The molecule has 1 aliphatic rings. The topological polar surface area (TPSA) is 65.4 Å². The Bertz CT molecular complexity index is 906. The van der Waals surface area contributed by atoms with E-state index in [0.29, 0.717) is 42.5 Å². The van der Waals surface area contributed by atoms with Crippen LogP contribution in [0.5, 0.6) is 11.5 Å². The maximum absolute atomic E-state index is 12.5. The predicted molar refractivity (Wildman–Crippen MR) is 97.8 cm³/mol. The van der Waals surface area contributed by atoms with Gasteiger partial charge in [0.25, 0.3) is 5.91 Å². The van der Waals surface area contributed by atoms with Crippen LogP contribution in [0.1, 0.15) is 22.3 Å². The van der Waals surface area contributed by atoms with Gasteiger partial charge in [-0.2, -0.15) is 5.10 Å². The molecule has 3 aromatic rings. The van der Waals surface area contributed by atoms with Crippen molar-refractivity contribution in [2.45, 2.75) is 13.0 Å². The minimum absolute atomic E-state index is 0.209. The summed E-state index contributed by atoms with van der Waals surface area (Å²) in [6.45, 7) is 1.87. The molecule has 26 heavy (non-hydrogen) atoms. The van der Waals surface area contributed by atoms with Crippen LogP contribution in [0.15, 0.2) is 60.9 Å². The number of ether oxygens (including phenoxy) is 2. The molecule has 0 aliphatic carbocycles. The lowest BCUT2D eigenvalue weighted by molar-refractivity contribution is 0.102. The number of anilines is 1. The summed E-state index contributed by atoms with van der Waals surface area (Å²) in [4.78, 5) is 12.5. The molecular weight excluding hydrogens is 330 g/mol. The Hall–Kier alpha value is -3.28. The number of rotatable bonds is 4. The Labute approximate surface area is 151 Å². The third-order valence-corrected chi connectivity index (χ3v) is 4.09. The van der Waals surface area contributed by atoms with Crippen molar-refractivity contribution in [3.05, 3.63) is 72.1 Å². The molecule has 2 heterocycles. The smallest absolute Gasteiger partial charge is 0.258 e. The minimum atomic E-state index is -0.209. The average Bonchev–Trinajstić information content (AvgIpc) is 3.00. The highest BCUT2D eigenvalue weighted by atomic mass is 16.5. The lowest BCUT2D eigenvalue weighted by Gasteiger charge is -2.10. The average molecular weight is 349 g/mol. The van der Waals surface area contributed by atoms with Gasteiger partial charge in [0.05, 0.1) is 31.5 Å². The number of nitrogens with zero attached hydrogens (tertiary/aromatic N) is 2. The van der Waals surface area contributed by atoms with Crippen LogP contribution in [0.25, 0.3) is 0 Å². The standard InChI is InChI=1S/C20H19N3O3/c24-20(16-12-21-23(14-16)13-15-5-2-1-3-6-15)22-17-7-8-18-19(11-17)26-10-4-9-25-18/h1-3,5-8,11-12,14H,4,9-10,13H2,(H,22,24). The molecule has 0 radical (unpaired) electrons. The molecule has 0 saturated heterocycles. The summed E-state index contributed by atoms with van der Waals surface area (Å²) in [5.41, 5.74) is 2.30. The molecule has 6 nitrogen and oxygen atoms in total. The number of benzene rings is 2. The lowest BCUT2D eigenvalue weighted by Crippen LogP contribution is -2.11. The molecule has 0 saturated carbocycles. The summed E-state index contributed by atoms with van der Waals surface area (Å²) >= 11 is 0. The Morgan fingerprint density at radius 3 is 2.73 bits per heavy atom. The van der Waals surface area contributed by atoms with Gasteiger partial charge in [-0.1, -0.05) is 30.3 Å². The van der Waals surface area contributed by atoms with Crippen LogP contribution in [-0.4, -0.2) is 28.9 Å². The van der Waals surface area contributed by atoms with Crippen molar-refractivity contribution < 1.29 is 14.3 Å². The molecule has 0 fully saturated rings. The van der Waals surface area contributed by atoms with E-state index in [-0.39, 0.29) is 5.91 Å². The normalized spacial score (nSPS) is 13.1. The molecule has 6 heteroatoms. The van der Waals surface area contributed by atoms with Gasteiger partial charge in [0.2, 0.25) is 0 Å². The summed E-state index contributed by atoms with van der Waals surface area (Å²) in [6, 6.07) is 15.4. The second kappa shape index (κ2) is 7.31. The predicted octanol–water partition coefficient (Wildman–Crippen LogP) is 3.35. The fourth-order valence-electron chi connectivity index (χ4n) is 2.78. The van der Waals surface area contributed by atoms with E-state index in [1.54, 1.807) is 29.2 Å². The molecule has 132 valence electrons. The van der Waals surface area contributed by atoms with Crippen molar-refractivity contribution in [1.82, 2.24) is 9.78 Å². The third-order valence-electron chi connectivity index (χ3n) is 4.09. The first-order valence-electron chi connectivity index (χ1n) is 8.55.